The van der Waals surface area contributed by atoms with E-state index < -0.39 is 0 Å². The Morgan fingerprint density at radius 3 is 2.81 bits per heavy atom. The Balaban J connectivity index is 1.36. The van der Waals surface area contributed by atoms with Gasteiger partial charge < -0.3 is 10.3 Å². The SMILES string of the molecule is Cc1cc(CNCCC2CCCCC2)ccc1-c1ccc2nc[nH]c2c1. The highest BCUT2D eigenvalue weighted by atomic mass is 14.9. The molecule has 1 saturated carbocycles. The van der Waals surface area contributed by atoms with E-state index in [9.17, 15) is 0 Å². The Bertz CT molecular complexity index is 859. The van der Waals surface area contributed by atoms with E-state index in [1.807, 2.05) is 0 Å². The van der Waals surface area contributed by atoms with E-state index >= 15 is 0 Å². The molecule has 2 aromatic carbocycles. The third-order valence-electron chi connectivity index (χ3n) is 5.81. The number of aryl methyl sites for hydroxylation is 1. The van der Waals surface area contributed by atoms with Crippen LogP contribution in [0, 0.1) is 12.8 Å². The molecule has 0 amide bonds. The summed E-state index contributed by atoms with van der Waals surface area (Å²) in [6.07, 6.45) is 10.3. The maximum Gasteiger partial charge on any atom is 0.0931 e. The Morgan fingerprint density at radius 1 is 1.08 bits per heavy atom. The van der Waals surface area contributed by atoms with Crippen LogP contribution in [0.2, 0.25) is 0 Å². The van der Waals surface area contributed by atoms with Crippen molar-refractivity contribution < 1.29 is 0 Å². The lowest BCUT2D eigenvalue weighted by Crippen LogP contribution is -2.19. The number of aromatic nitrogens is 2. The first kappa shape index (κ1) is 17.3. The fourth-order valence-corrected chi connectivity index (χ4v) is 4.28. The first-order valence-electron chi connectivity index (χ1n) is 10.0. The van der Waals surface area contributed by atoms with Crippen molar-refractivity contribution in [1.29, 1.82) is 0 Å². The lowest BCUT2D eigenvalue weighted by Gasteiger charge is -2.21. The van der Waals surface area contributed by atoms with Gasteiger partial charge in [0.25, 0.3) is 0 Å². The van der Waals surface area contributed by atoms with Crippen molar-refractivity contribution in [2.45, 2.75) is 52.0 Å². The molecule has 136 valence electrons. The molecule has 26 heavy (non-hydrogen) atoms. The number of hydrogen-bond acceptors (Lipinski definition) is 2. The third-order valence-corrected chi connectivity index (χ3v) is 5.81. The van der Waals surface area contributed by atoms with Crippen molar-refractivity contribution in [2.75, 3.05) is 6.54 Å². The average Bonchev–Trinajstić information content (AvgIpc) is 3.14. The van der Waals surface area contributed by atoms with E-state index in [1.54, 1.807) is 6.33 Å². The zero-order valence-corrected chi connectivity index (χ0v) is 15.7. The molecule has 3 heteroatoms. The molecule has 0 aliphatic heterocycles. The van der Waals surface area contributed by atoms with Crippen LogP contribution < -0.4 is 5.32 Å². The molecule has 1 aliphatic rings. The predicted octanol–water partition coefficient (Wildman–Crippen LogP) is 5.60. The van der Waals surface area contributed by atoms with Crippen LogP contribution in [0.4, 0.5) is 0 Å². The summed E-state index contributed by atoms with van der Waals surface area (Å²) in [5, 5.41) is 3.64. The first-order valence-corrected chi connectivity index (χ1v) is 10.0. The molecule has 1 fully saturated rings. The molecule has 3 aromatic rings. The van der Waals surface area contributed by atoms with Gasteiger partial charge in [-0.1, -0.05) is 56.4 Å². The van der Waals surface area contributed by atoms with Gasteiger partial charge in [-0.25, -0.2) is 4.98 Å². The zero-order chi connectivity index (χ0) is 17.8. The summed E-state index contributed by atoms with van der Waals surface area (Å²) in [7, 11) is 0. The quantitative estimate of drug-likeness (QED) is 0.570. The van der Waals surface area contributed by atoms with Crippen LogP contribution in [0.5, 0.6) is 0 Å². The molecule has 2 N–H and O–H groups in total. The largest absolute Gasteiger partial charge is 0.345 e. The van der Waals surface area contributed by atoms with Crippen molar-refractivity contribution in [3.8, 4) is 11.1 Å². The summed E-state index contributed by atoms with van der Waals surface area (Å²) in [4.78, 5) is 7.50. The van der Waals surface area contributed by atoms with Gasteiger partial charge in [-0.05, 0) is 60.2 Å². The molecule has 0 atom stereocenters. The molecular weight excluding hydrogens is 318 g/mol. The summed E-state index contributed by atoms with van der Waals surface area (Å²) in [6, 6.07) is 13.3. The molecule has 0 unspecified atom stereocenters. The van der Waals surface area contributed by atoms with Crippen LogP contribution in [0.1, 0.15) is 49.7 Å². The second-order valence-electron chi connectivity index (χ2n) is 7.75. The standard InChI is InChI=1S/C23H29N3/c1-17-13-19(15-24-12-11-18-5-3-2-4-6-18)7-9-21(17)20-8-10-22-23(14-20)26-16-25-22/h7-10,13-14,16,18,24H,2-6,11-12,15H2,1H3,(H,25,26). The van der Waals surface area contributed by atoms with E-state index in [-0.39, 0.29) is 0 Å². The summed E-state index contributed by atoms with van der Waals surface area (Å²) in [5.74, 6) is 0.956. The van der Waals surface area contributed by atoms with Gasteiger partial charge >= 0.3 is 0 Å². The predicted molar refractivity (Wildman–Crippen MR) is 109 cm³/mol. The van der Waals surface area contributed by atoms with E-state index in [4.69, 9.17) is 0 Å². The van der Waals surface area contributed by atoms with Crippen LogP contribution in [0.15, 0.2) is 42.7 Å². The second-order valence-corrected chi connectivity index (χ2v) is 7.75. The van der Waals surface area contributed by atoms with Crippen molar-refractivity contribution in [3.63, 3.8) is 0 Å². The van der Waals surface area contributed by atoms with Crippen LogP contribution in [-0.2, 0) is 6.54 Å². The number of fused-ring (bicyclic) bond motifs is 1. The van der Waals surface area contributed by atoms with Crippen molar-refractivity contribution in [3.05, 3.63) is 53.9 Å². The number of H-pyrrole nitrogens is 1. The second kappa shape index (κ2) is 8.05. The Labute approximate surface area is 156 Å². The Kier molecular flexibility index (Phi) is 5.35. The number of aromatic amines is 1. The minimum Gasteiger partial charge on any atom is -0.345 e. The van der Waals surface area contributed by atoms with E-state index in [2.05, 4.69) is 58.6 Å². The van der Waals surface area contributed by atoms with Gasteiger partial charge in [-0.3, -0.25) is 0 Å². The molecule has 4 rings (SSSR count). The number of imidazole rings is 1. The fraction of sp³-hybridized carbons (Fsp3) is 0.435. The maximum absolute atomic E-state index is 4.30. The molecule has 1 aromatic heterocycles. The van der Waals surface area contributed by atoms with E-state index in [0.29, 0.717) is 0 Å². The third kappa shape index (κ3) is 3.99. The van der Waals surface area contributed by atoms with Gasteiger partial charge in [-0.2, -0.15) is 0 Å². The summed E-state index contributed by atoms with van der Waals surface area (Å²) in [6.45, 7) is 4.31. The number of nitrogens with one attached hydrogen (secondary N) is 2. The number of rotatable bonds is 6. The average molecular weight is 348 g/mol. The maximum atomic E-state index is 4.30. The van der Waals surface area contributed by atoms with Crippen LogP contribution in [0.25, 0.3) is 22.2 Å². The van der Waals surface area contributed by atoms with Crippen LogP contribution in [-0.4, -0.2) is 16.5 Å². The van der Waals surface area contributed by atoms with Gasteiger partial charge in [0.2, 0.25) is 0 Å². The van der Waals surface area contributed by atoms with Crippen LogP contribution in [0.3, 0.4) is 0 Å². The minimum atomic E-state index is 0.956. The Morgan fingerprint density at radius 2 is 1.96 bits per heavy atom. The van der Waals surface area contributed by atoms with Crippen molar-refractivity contribution >= 4 is 11.0 Å². The smallest absolute Gasteiger partial charge is 0.0931 e. The van der Waals surface area contributed by atoms with Gasteiger partial charge in [0, 0.05) is 6.54 Å². The normalized spacial score (nSPS) is 15.6. The fourth-order valence-electron chi connectivity index (χ4n) is 4.28. The molecular formula is C23H29N3. The topological polar surface area (TPSA) is 40.7 Å². The van der Waals surface area contributed by atoms with Gasteiger partial charge in [0.15, 0.2) is 0 Å². The summed E-state index contributed by atoms with van der Waals surface area (Å²) >= 11 is 0. The Hall–Kier alpha value is -2.13. The monoisotopic (exact) mass is 347 g/mol. The van der Waals surface area contributed by atoms with E-state index in [1.165, 1.54) is 60.8 Å². The van der Waals surface area contributed by atoms with Crippen molar-refractivity contribution in [2.24, 2.45) is 5.92 Å². The minimum absolute atomic E-state index is 0.956. The van der Waals surface area contributed by atoms with Crippen molar-refractivity contribution in [1.82, 2.24) is 15.3 Å². The number of hydrogen-bond donors (Lipinski definition) is 2. The lowest BCUT2D eigenvalue weighted by atomic mass is 9.87. The highest BCUT2D eigenvalue weighted by Crippen LogP contribution is 2.27. The molecule has 1 aliphatic carbocycles. The molecule has 1 heterocycles. The van der Waals surface area contributed by atoms with Gasteiger partial charge in [0.1, 0.15) is 0 Å². The van der Waals surface area contributed by atoms with Gasteiger partial charge in [-0.15, -0.1) is 0 Å². The van der Waals surface area contributed by atoms with Gasteiger partial charge in [0.05, 0.1) is 17.4 Å². The molecule has 0 bridgehead atoms. The molecule has 0 saturated heterocycles. The summed E-state index contributed by atoms with van der Waals surface area (Å²) in [5.41, 5.74) is 7.36. The van der Waals surface area contributed by atoms with Crippen LogP contribution >= 0.6 is 0 Å². The lowest BCUT2D eigenvalue weighted by molar-refractivity contribution is 0.334. The van der Waals surface area contributed by atoms with E-state index in [0.717, 1.165) is 30.0 Å². The molecule has 3 nitrogen and oxygen atoms in total. The number of nitrogens with zero attached hydrogens (tertiary/aromatic N) is 1. The molecule has 0 radical (unpaired) electrons. The number of benzene rings is 2. The highest BCUT2D eigenvalue weighted by Gasteiger charge is 2.12. The zero-order valence-electron chi connectivity index (χ0n) is 15.7. The first-order chi connectivity index (χ1) is 12.8. The summed E-state index contributed by atoms with van der Waals surface area (Å²) < 4.78 is 0. The molecule has 0 spiro atoms. The highest BCUT2D eigenvalue weighted by molar-refractivity contribution is 5.82.